The molecule has 2 heterocycles. The summed E-state index contributed by atoms with van der Waals surface area (Å²) < 4.78 is 0. The van der Waals surface area contributed by atoms with Crippen LogP contribution in [-0.2, 0) is 0 Å². The average molecular weight is 450 g/mol. The summed E-state index contributed by atoms with van der Waals surface area (Å²) >= 11 is 0. The van der Waals surface area contributed by atoms with Crippen molar-refractivity contribution in [3.8, 4) is 0 Å². The molecule has 31 heavy (non-hydrogen) atoms. The summed E-state index contributed by atoms with van der Waals surface area (Å²) in [7, 11) is 0. The van der Waals surface area contributed by atoms with Crippen LogP contribution in [0.1, 0.15) is 19.3 Å². The number of hydrazine groups is 4. The predicted molar refractivity (Wildman–Crippen MR) is 102 cm³/mol. The highest BCUT2D eigenvalue weighted by Gasteiger charge is 2.31. The van der Waals surface area contributed by atoms with E-state index >= 15 is 0 Å². The highest BCUT2D eigenvalue weighted by molar-refractivity contribution is 4.64. The first kappa shape index (κ1) is 24.0. The summed E-state index contributed by atoms with van der Waals surface area (Å²) in [4.78, 5) is 47.5. The lowest BCUT2D eigenvalue weighted by Crippen LogP contribution is -2.42. The maximum atomic E-state index is 11.1. The number of hydrogen-bond acceptors (Lipinski definition) is 10. The summed E-state index contributed by atoms with van der Waals surface area (Å²) in [6.45, 7) is 0.459. The van der Waals surface area contributed by atoms with Crippen LogP contribution in [-0.4, -0.2) is 116 Å². The van der Waals surface area contributed by atoms with E-state index in [1.807, 2.05) is 0 Å². The van der Waals surface area contributed by atoms with Crippen molar-refractivity contribution >= 4 is 0 Å². The zero-order chi connectivity index (χ0) is 23.0. The van der Waals surface area contributed by atoms with Crippen LogP contribution in [0.3, 0.4) is 0 Å². The minimum atomic E-state index is -0.572. The highest BCUT2D eigenvalue weighted by Crippen LogP contribution is 2.10. The molecule has 0 amide bonds. The molecule has 0 spiro atoms. The third-order valence-corrected chi connectivity index (χ3v) is 5.06. The summed E-state index contributed by atoms with van der Waals surface area (Å²) in [6.07, 6.45) is 1.85. The maximum absolute atomic E-state index is 11.1. The number of nitro groups is 4. The summed E-state index contributed by atoms with van der Waals surface area (Å²) in [5.41, 5.74) is 0. The first-order valence-corrected chi connectivity index (χ1v) is 9.69. The molecule has 0 unspecified atom stereocenters. The van der Waals surface area contributed by atoms with Crippen molar-refractivity contribution in [3.63, 3.8) is 0 Å². The quantitative estimate of drug-likeness (QED) is 0.214. The van der Waals surface area contributed by atoms with Crippen LogP contribution >= 0.6 is 0 Å². The van der Waals surface area contributed by atoms with Crippen LogP contribution in [0.25, 0.3) is 0 Å². The predicted octanol–water partition coefficient (Wildman–Crippen LogP) is -1.41. The van der Waals surface area contributed by atoms with Crippen LogP contribution in [0, 0.1) is 40.5 Å². The molecule has 0 aliphatic carbocycles. The number of rotatable bonds is 10. The van der Waals surface area contributed by atoms with E-state index in [1.165, 1.54) is 0 Å². The second-order valence-electron chi connectivity index (χ2n) is 7.29. The van der Waals surface area contributed by atoms with Crippen molar-refractivity contribution in [1.82, 2.24) is 29.8 Å². The lowest BCUT2D eigenvalue weighted by molar-refractivity contribution is -0.666. The average Bonchev–Trinajstić information content (AvgIpc) is 3.04. The number of hydrogen-bond donors (Lipinski definition) is 0. The molecular formula is C13H26N10O8. The Morgan fingerprint density at radius 2 is 0.742 bits per heavy atom. The van der Waals surface area contributed by atoms with E-state index < -0.39 is 20.1 Å². The Labute approximate surface area is 176 Å². The number of nitrogens with zero attached hydrogens (tertiary/aromatic N) is 10. The Balaban J connectivity index is 1.80. The molecule has 18 nitrogen and oxygen atoms in total. The first-order valence-electron chi connectivity index (χ1n) is 9.69. The SMILES string of the molecule is O=[N+]([O-])N1CCN([N+](=O)[O-])CN(CCCCCN2CN([N+](=O)[O-])CCN([N+](=O)[O-])C2)C1. The van der Waals surface area contributed by atoms with Crippen molar-refractivity contribution in [2.45, 2.75) is 19.3 Å². The van der Waals surface area contributed by atoms with Gasteiger partial charge in [0.2, 0.25) is 0 Å². The largest absolute Gasteiger partial charge is 0.259 e. The Bertz CT molecular complexity index is 566. The summed E-state index contributed by atoms with van der Waals surface area (Å²) in [5, 5.41) is 45.7. The van der Waals surface area contributed by atoms with Gasteiger partial charge in [-0.15, -0.1) is 20.0 Å². The van der Waals surface area contributed by atoms with Crippen LogP contribution in [0.4, 0.5) is 0 Å². The Kier molecular flexibility index (Phi) is 8.67. The van der Waals surface area contributed by atoms with Crippen molar-refractivity contribution < 1.29 is 20.1 Å². The lowest BCUT2D eigenvalue weighted by Gasteiger charge is -2.24. The van der Waals surface area contributed by atoms with Crippen LogP contribution < -0.4 is 0 Å². The molecule has 0 atom stereocenters. The van der Waals surface area contributed by atoms with E-state index in [1.54, 1.807) is 9.80 Å². The molecule has 0 saturated carbocycles. The van der Waals surface area contributed by atoms with Crippen LogP contribution in [0.5, 0.6) is 0 Å². The Morgan fingerprint density at radius 3 is 0.968 bits per heavy atom. The van der Waals surface area contributed by atoms with Crippen molar-refractivity contribution in [1.29, 1.82) is 0 Å². The van der Waals surface area contributed by atoms with Gasteiger partial charge in [-0.1, -0.05) is 6.42 Å². The zero-order valence-electron chi connectivity index (χ0n) is 16.9. The third kappa shape index (κ3) is 7.48. The third-order valence-electron chi connectivity index (χ3n) is 5.06. The van der Waals surface area contributed by atoms with Gasteiger partial charge in [0.1, 0.15) is 52.9 Å². The molecule has 2 aliphatic heterocycles. The van der Waals surface area contributed by atoms with Gasteiger partial charge in [-0.05, 0) is 12.8 Å². The van der Waals surface area contributed by atoms with Crippen molar-refractivity contribution in [3.05, 3.63) is 40.5 Å². The second kappa shape index (κ2) is 11.2. The van der Waals surface area contributed by atoms with Gasteiger partial charge >= 0.3 is 0 Å². The minimum Gasteiger partial charge on any atom is -0.259 e. The fraction of sp³-hybridized carbons (Fsp3) is 1.00. The molecule has 0 aromatic heterocycles. The second-order valence-corrected chi connectivity index (χ2v) is 7.29. The topological polar surface area (TPSA) is 192 Å². The molecule has 2 rings (SSSR count). The van der Waals surface area contributed by atoms with Gasteiger partial charge in [-0.2, -0.15) is 0 Å². The summed E-state index contributed by atoms with van der Waals surface area (Å²) in [5.74, 6) is 0. The minimum absolute atomic E-state index is 0.0287. The lowest BCUT2D eigenvalue weighted by atomic mass is 10.2. The van der Waals surface area contributed by atoms with Crippen molar-refractivity contribution in [2.24, 2.45) is 0 Å². The molecule has 0 radical (unpaired) electrons. The molecular weight excluding hydrogens is 424 g/mol. The van der Waals surface area contributed by atoms with Gasteiger partial charge in [0.15, 0.2) is 20.1 Å². The number of unbranched alkanes of at least 4 members (excludes halogenated alkanes) is 2. The van der Waals surface area contributed by atoms with E-state index in [4.69, 9.17) is 0 Å². The fourth-order valence-corrected chi connectivity index (χ4v) is 3.42. The van der Waals surface area contributed by atoms with E-state index in [2.05, 4.69) is 0 Å². The maximum Gasteiger partial charge on any atom is 0.161 e. The molecule has 18 heteroatoms. The molecule has 176 valence electrons. The van der Waals surface area contributed by atoms with Crippen molar-refractivity contribution in [2.75, 3.05) is 65.9 Å². The van der Waals surface area contributed by atoms with E-state index in [0.717, 1.165) is 20.0 Å². The molecule has 0 aromatic rings. The fourth-order valence-electron chi connectivity index (χ4n) is 3.42. The van der Waals surface area contributed by atoms with Gasteiger partial charge in [-0.25, -0.2) is 40.5 Å². The summed E-state index contributed by atoms with van der Waals surface area (Å²) in [6, 6.07) is 0. The van der Waals surface area contributed by atoms with E-state index in [-0.39, 0.29) is 52.9 Å². The van der Waals surface area contributed by atoms with Crippen LogP contribution in [0.2, 0.25) is 0 Å². The molecule has 2 aliphatic rings. The van der Waals surface area contributed by atoms with Gasteiger partial charge < -0.3 is 0 Å². The zero-order valence-corrected chi connectivity index (χ0v) is 16.9. The Morgan fingerprint density at radius 1 is 0.484 bits per heavy atom. The van der Waals surface area contributed by atoms with E-state index in [0.29, 0.717) is 32.4 Å². The molecule has 0 aromatic carbocycles. The molecule has 2 fully saturated rings. The first-order chi connectivity index (χ1) is 14.7. The standard InChI is InChI=1S/C13H26N10O8/c24-20(25)16-6-7-17(21(26)27)11-14(10-16)4-2-1-3-5-15-12-18(22(28)29)8-9-19(13-15)23(30)31/h1-13H2. The monoisotopic (exact) mass is 450 g/mol. The highest BCUT2D eigenvalue weighted by atomic mass is 16.7. The normalized spacial score (nSPS) is 19.1. The van der Waals surface area contributed by atoms with Crippen LogP contribution in [0.15, 0.2) is 0 Å². The van der Waals surface area contributed by atoms with Gasteiger partial charge in [0.25, 0.3) is 0 Å². The smallest absolute Gasteiger partial charge is 0.161 e. The molecule has 0 bridgehead atoms. The van der Waals surface area contributed by atoms with Gasteiger partial charge in [-0.3, -0.25) is 9.80 Å². The van der Waals surface area contributed by atoms with Gasteiger partial charge in [0.05, 0.1) is 0 Å². The molecule has 0 N–H and O–H groups in total. The molecule has 2 saturated heterocycles. The van der Waals surface area contributed by atoms with E-state index in [9.17, 15) is 40.5 Å². The Hall–Kier alpha value is -3.28. The van der Waals surface area contributed by atoms with Gasteiger partial charge in [0, 0.05) is 13.1 Å².